The summed E-state index contributed by atoms with van der Waals surface area (Å²) in [6, 6.07) is 24.8. The average Bonchev–Trinajstić information content (AvgIpc) is 3.20. The van der Waals surface area contributed by atoms with E-state index in [-0.39, 0.29) is 5.92 Å². The van der Waals surface area contributed by atoms with Gasteiger partial charge in [-0.3, -0.25) is 0 Å². The predicted molar refractivity (Wildman–Crippen MR) is 129 cm³/mol. The summed E-state index contributed by atoms with van der Waals surface area (Å²) in [7, 11) is 1.68. The summed E-state index contributed by atoms with van der Waals surface area (Å²) in [6.45, 7) is 2.74. The Kier molecular flexibility index (Phi) is 6.00. The van der Waals surface area contributed by atoms with Crippen molar-refractivity contribution in [3.8, 4) is 5.75 Å². The molecule has 4 nitrogen and oxygen atoms in total. The van der Waals surface area contributed by atoms with Gasteiger partial charge < -0.3 is 20.4 Å². The maximum atomic E-state index is 5.55. The van der Waals surface area contributed by atoms with Crippen LogP contribution in [0.4, 0.5) is 5.69 Å². The fourth-order valence-electron chi connectivity index (χ4n) is 3.63. The number of aromatic amines is 1. The Bertz CT molecular complexity index is 1130. The number of ether oxygens (including phenoxy) is 1. The van der Waals surface area contributed by atoms with E-state index >= 15 is 0 Å². The van der Waals surface area contributed by atoms with E-state index in [0.29, 0.717) is 11.7 Å². The molecule has 30 heavy (non-hydrogen) atoms. The van der Waals surface area contributed by atoms with E-state index < -0.39 is 0 Å². The van der Waals surface area contributed by atoms with E-state index in [1.54, 1.807) is 7.11 Å². The summed E-state index contributed by atoms with van der Waals surface area (Å²) in [5, 5.41) is 8.50. The summed E-state index contributed by atoms with van der Waals surface area (Å²) in [4.78, 5) is 3.39. The lowest BCUT2D eigenvalue weighted by molar-refractivity contribution is 0.414. The molecule has 0 saturated heterocycles. The Morgan fingerprint density at radius 1 is 1.00 bits per heavy atom. The number of aromatic nitrogens is 1. The minimum absolute atomic E-state index is 0.129. The van der Waals surface area contributed by atoms with E-state index in [4.69, 9.17) is 17.0 Å². The molecular formula is C25H25N3OS. The molecule has 0 aliphatic rings. The zero-order chi connectivity index (χ0) is 20.9. The van der Waals surface area contributed by atoms with Crippen molar-refractivity contribution < 1.29 is 4.74 Å². The van der Waals surface area contributed by atoms with Crippen LogP contribution in [0.25, 0.3) is 10.9 Å². The van der Waals surface area contributed by atoms with Crippen molar-refractivity contribution in [2.45, 2.75) is 12.8 Å². The van der Waals surface area contributed by atoms with E-state index in [9.17, 15) is 0 Å². The van der Waals surface area contributed by atoms with Crippen molar-refractivity contribution >= 4 is 33.9 Å². The number of para-hydroxylation sites is 1. The van der Waals surface area contributed by atoms with E-state index in [1.807, 2.05) is 30.3 Å². The summed E-state index contributed by atoms with van der Waals surface area (Å²) in [5.74, 6) is 0.978. The van der Waals surface area contributed by atoms with Crippen molar-refractivity contribution in [2.75, 3.05) is 19.0 Å². The van der Waals surface area contributed by atoms with Gasteiger partial charge in [0.05, 0.1) is 7.11 Å². The Hall–Kier alpha value is -3.31. The van der Waals surface area contributed by atoms with Crippen LogP contribution in [0.2, 0.25) is 0 Å². The highest BCUT2D eigenvalue weighted by Crippen LogP contribution is 2.31. The molecule has 0 radical (unpaired) electrons. The first-order chi connectivity index (χ1) is 14.6. The van der Waals surface area contributed by atoms with Crippen molar-refractivity contribution in [2.24, 2.45) is 0 Å². The van der Waals surface area contributed by atoms with E-state index in [1.165, 1.54) is 22.1 Å². The van der Waals surface area contributed by atoms with Gasteiger partial charge in [0.2, 0.25) is 0 Å². The molecule has 4 aromatic rings. The van der Waals surface area contributed by atoms with Crippen LogP contribution in [0.3, 0.4) is 0 Å². The van der Waals surface area contributed by atoms with Crippen LogP contribution in [0, 0.1) is 6.92 Å². The molecule has 5 heteroatoms. The molecule has 0 fully saturated rings. The second-order valence-corrected chi connectivity index (χ2v) is 7.72. The number of rotatable bonds is 6. The number of aryl methyl sites for hydroxylation is 1. The first-order valence-corrected chi connectivity index (χ1v) is 10.4. The molecule has 0 spiro atoms. The second kappa shape index (κ2) is 9.01. The molecule has 0 amide bonds. The van der Waals surface area contributed by atoms with Gasteiger partial charge in [0, 0.05) is 35.2 Å². The summed E-state index contributed by atoms with van der Waals surface area (Å²) >= 11 is 5.55. The second-order valence-electron chi connectivity index (χ2n) is 7.32. The minimum Gasteiger partial charge on any atom is -0.497 e. The molecule has 0 bridgehead atoms. The zero-order valence-electron chi connectivity index (χ0n) is 17.1. The molecule has 3 aromatic carbocycles. The van der Waals surface area contributed by atoms with Gasteiger partial charge in [-0.15, -0.1) is 0 Å². The fourth-order valence-corrected chi connectivity index (χ4v) is 3.83. The third kappa shape index (κ3) is 4.47. The third-order valence-electron chi connectivity index (χ3n) is 5.29. The van der Waals surface area contributed by atoms with Crippen molar-refractivity contribution in [3.05, 3.63) is 95.7 Å². The van der Waals surface area contributed by atoms with E-state index in [0.717, 1.165) is 17.0 Å². The van der Waals surface area contributed by atoms with Gasteiger partial charge in [-0.25, -0.2) is 0 Å². The molecule has 1 atom stereocenters. The number of hydrogen-bond acceptors (Lipinski definition) is 2. The molecule has 4 rings (SSSR count). The highest BCUT2D eigenvalue weighted by molar-refractivity contribution is 7.80. The van der Waals surface area contributed by atoms with Crippen LogP contribution >= 0.6 is 12.2 Å². The molecule has 3 N–H and O–H groups in total. The maximum absolute atomic E-state index is 5.55. The van der Waals surface area contributed by atoms with Crippen LogP contribution in [0.1, 0.15) is 22.6 Å². The molecule has 0 unspecified atom stereocenters. The lowest BCUT2D eigenvalue weighted by atomic mass is 9.91. The summed E-state index contributed by atoms with van der Waals surface area (Å²) in [5.41, 5.74) is 5.77. The minimum atomic E-state index is 0.129. The predicted octanol–water partition coefficient (Wildman–Crippen LogP) is 5.60. The van der Waals surface area contributed by atoms with Gasteiger partial charge in [-0.1, -0.05) is 48.0 Å². The Labute approximate surface area is 182 Å². The Morgan fingerprint density at radius 3 is 2.47 bits per heavy atom. The molecule has 1 heterocycles. The summed E-state index contributed by atoms with van der Waals surface area (Å²) in [6.07, 6.45) is 2.09. The lowest BCUT2D eigenvalue weighted by Gasteiger charge is -2.20. The van der Waals surface area contributed by atoms with Crippen molar-refractivity contribution in [1.82, 2.24) is 10.3 Å². The first-order valence-electron chi connectivity index (χ1n) is 9.95. The van der Waals surface area contributed by atoms with Crippen molar-refractivity contribution in [3.63, 3.8) is 0 Å². The van der Waals surface area contributed by atoms with E-state index in [2.05, 4.69) is 71.2 Å². The van der Waals surface area contributed by atoms with Gasteiger partial charge in [0.15, 0.2) is 5.11 Å². The number of nitrogens with one attached hydrogen (secondary N) is 3. The largest absolute Gasteiger partial charge is 0.497 e. The molecule has 1 aromatic heterocycles. The first kappa shape index (κ1) is 20.0. The zero-order valence-corrected chi connectivity index (χ0v) is 17.9. The highest BCUT2D eigenvalue weighted by atomic mass is 32.1. The molecular weight excluding hydrogens is 390 g/mol. The number of anilines is 1. The van der Waals surface area contributed by atoms with Gasteiger partial charge in [0.25, 0.3) is 0 Å². The van der Waals surface area contributed by atoms with Gasteiger partial charge in [0.1, 0.15) is 5.75 Å². The Morgan fingerprint density at radius 2 is 1.73 bits per heavy atom. The van der Waals surface area contributed by atoms with Crippen LogP contribution < -0.4 is 15.4 Å². The molecule has 0 aliphatic heterocycles. The number of fused-ring (bicyclic) bond motifs is 1. The Balaban J connectivity index is 1.57. The highest BCUT2D eigenvalue weighted by Gasteiger charge is 2.18. The average molecular weight is 416 g/mol. The normalized spacial score (nSPS) is 11.8. The monoisotopic (exact) mass is 415 g/mol. The number of thiocarbonyl (C=S) groups is 1. The van der Waals surface area contributed by atoms with Crippen LogP contribution in [0.15, 0.2) is 79.0 Å². The summed E-state index contributed by atoms with van der Waals surface area (Å²) < 4.78 is 5.33. The van der Waals surface area contributed by atoms with Crippen LogP contribution in [-0.4, -0.2) is 23.8 Å². The van der Waals surface area contributed by atoms with Crippen molar-refractivity contribution in [1.29, 1.82) is 0 Å². The standard InChI is InChI=1S/C25H25N3OS/c1-17-7-11-19(12-8-17)28-25(30)27-15-22(18-9-13-20(29-2)14-10-18)23-16-26-24-6-4-3-5-21(23)24/h3-14,16,22,26H,15H2,1-2H3,(H2,27,28,30)/t22-/m1/s1. The number of benzene rings is 3. The van der Waals surface area contributed by atoms with Crippen LogP contribution in [-0.2, 0) is 0 Å². The smallest absolute Gasteiger partial charge is 0.170 e. The topological polar surface area (TPSA) is 49.1 Å². The quantitative estimate of drug-likeness (QED) is 0.359. The van der Waals surface area contributed by atoms with Gasteiger partial charge in [-0.2, -0.15) is 0 Å². The lowest BCUT2D eigenvalue weighted by Crippen LogP contribution is -2.32. The molecule has 0 saturated carbocycles. The number of H-pyrrole nitrogens is 1. The van der Waals surface area contributed by atoms with Gasteiger partial charge in [-0.05, 0) is 60.6 Å². The van der Waals surface area contributed by atoms with Gasteiger partial charge >= 0.3 is 0 Å². The number of methoxy groups -OCH3 is 1. The molecule has 152 valence electrons. The SMILES string of the molecule is COc1ccc([C@@H](CNC(=S)Nc2ccc(C)cc2)c2c[nH]c3ccccc23)cc1. The van der Waals surface area contributed by atoms with Crippen LogP contribution in [0.5, 0.6) is 5.75 Å². The fraction of sp³-hybridized carbons (Fsp3) is 0.160. The molecule has 0 aliphatic carbocycles. The maximum Gasteiger partial charge on any atom is 0.170 e. The third-order valence-corrected chi connectivity index (χ3v) is 5.54. The number of hydrogen-bond donors (Lipinski definition) is 3.